The molecule has 0 atom stereocenters. The van der Waals surface area contributed by atoms with E-state index in [1.54, 1.807) is 4.91 Å². The van der Waals surface area contributed by atoms with Crippen molar-refractivity contribution in [2.75, 3.05) is 5.75 Å². The van der Waals surface area contributed by atoms with Crippen LogP contribution in [0.1, 0.15) is 13.8 Å². The van der Waals surface area contributed by atoms with E-state index in [0.29, 0.717) is 0 Å². The van der Waals surface area contributed by atoms with E-state index in [0.717, 1.165) is 5.92 Å². The van der Waals surface area contributed by atoms with Crippen molar-refractivity contribution in [2.24, 2.45) is 5.92 Å². The maximum absolute atomic E-state index is 2.32. The van der Waals surface area contributed by atoms with Crippen LogP contribution in [-0.2, 0) is 0 Å². The van der Waals surface area contributed by atoms with Gasteiger partial charge in [0.25, 0.3) is 0 Å². The molecule has 0 nitrogen and oxygen atoms in total. The number of hydrogen-bond acceptors (Lipinski definition) is 2. The van der Waals surface area contributed by atoms with Crippen LogP contribution in [0.5, 0.6) is 0 Å². The Labute approximate surface area is 58.5 Å². The lowest BCUT2D eigenvalue weighted by molar-refractivity contribution is 0.817. The lowest BCUT2D eigenvalue weighted by atomic mass is 10.2. The first-order chi connectivity index (χ1) is 3.80. The highest BCUT2D eigenvalue weighted by atomic mass is 33.1. The fourth-order valence-electron chi connectivity index (χ4n) is 0.584. The Balaban J connectivity index is 2.45. The second-order valence-electron chi connectivity index (χ2n) is 2.13. The lowest BCUT2D eigenvalue weighted by Gasteiger charge is -2.00. The molecule has 0 saturated heterocycles. The van der Waals surface area contributed by atoms with Crippen LogP contribution in [0.3, 0.4) is 0 Å². The Hall–Kier alpha value is 0.440. The predicted octanol–water partition coefficient (Wildman–Crippen LogP) is 2.92. The third-order valence-corrected chi connectivity index (χ3v) is 3.67. The van der Waals surface area contributed by atoms with Gasteiger partial charge in [0.05, 0.1) is 0 Å². The van der Waals surface area contributed by atoms with E-state index in [2.05, 4.69) is 19.9 Å². The highest BCUT2D eigenvalue weighted by Crippen LogP contribution is 2.40. The van der Waals surface area contributed by atoms with Gasteiger partial charge in [0, 0.05) is 5.75 Å². The molecule has 0 aromatic rings. The monoisotopic (exact) mass is 146 g/mol. The molecule has 0 aromatic heterocycles. The van der Waals surface area contributed by atoms with Crippen LogP contribution in [0.2, 0.25) is 0 Å². The van der Waals surface area contributed by atoms with Gasteiger partial charge in [0.2, 0.25) is 0 Å². The molecule has 0 N–H and O–H groups in total. The molecule has 1 aliphatic heterocycles. The van der Waals surface area contributed by atoms with Crippen molar-refractivity contribution in [1.29, 1.82) is 0 Å². The lowest BCUT2D eigenvalue weighted by Crippen LogP contribution is -1.83. The second-order valence-corrected chi connectivity index (χ2v) is 4.54. The van der Waals surface area contributed by atoms with Crippen molar-refractivity contribution < 1.29 is 0 Å². The molecule has 1 aliphatic rings. The smallest absolute Gasteiger partial charge is 0.0232 e. The van der Waals surface area contributed by atoms with Crippen molar-refractivity contribution in [3.63, 3.8) is 0 Å². The summed E-state index contributed by atoms with van der Waals surface area (Å²) >= 11 is 0. The zero-order valence-corrected chi connectivity index (χ0v) is 6.81. The van der Waals surface area contributed by atoms with Crippen molar-refractivity contribution in [3.8, 4) is 0 Å². The summed E-state index contributed by atoms with van der Waals surface area (Å²) in [6.45, 7) is 4.48. The highest BCUT2D eigenvalue weighted by Gasteiger charge is 2.08. The molecule has 0 saturated carbocycles. The summed E-state index contributed by atoms with van der Waals surface area (Å²) in [5.41, 5.74) is 0. The summed E-state index contributed by atoms with van der Waals surface area (Å²) < 4.78 is 0. The van der Waals surface area contributed by atoms with Gasteiger partial charge in [-0.25, -0.2) is 0 Å². The van der Waals surface area contributed by atoms with E-state index in [9.17, 15) is 0 Å². The third-order valence-electron chi connectivity index (χ3n) is 1.08. The molecular weight excluding hydrogens is 136 g/mol. The van der Waals surface area contributed by atoms with Crippen molar-refractivity contribution in [3.05, 3.63) is 11.0 Å². The van der Waals surface area contributed by atoms with Gasteiger partial charge in [0.1, 0.15) is 0 Å². The molecule has 0 fully saturated rings. The average Bonchev–Trinajstić information content (AvgIpc) is 2.12. The number of hydrogen-bond donors (Lipinski definition) is 0. The largest absolute Gasteiger partial charge is 0.0851 e. The average molecular weight is 146 g/mol. The predicted molar refractivity (Wildman–Crippen MR) is 43.0 cm³/mol. The fraction of sp³-hybridized carbons (Fsp3) is 0.667. The maximum atomic E-state index is 2.32. The molecule has 0 aliphatic carbocycles. The van der Waals surface area contributed by atoms with Gasteiger partial charge in [-0.1, -0.05) is 41.5 Å². The Morgan fingerprint density at radius 3 is 2.62 bits per heavy atom. The molecule has 0 aromatic carbocycles. The summed E-state index contributed by atoms with van der Waals surface area (Å²) in [4.78, 5) is 1.55. The second kappa shape index (κ2) is 2.83. The normalized spacial score (nSPS) is 19.6. The quantitative estimate of drug-likeness (QED) is 0.522. The van der Waals surface area contributed by atoms with Gasteiger partial charge in [0.15, 0.2) is 0 Å². The van der Waals surface area contributed by atoms with Gasteiger partial charge in [-0.3, -0.25) is 0 Å². The first-order valence-corrected chi connectivity index (χ1v) is 5.12. The molecule has 0 bridgehead atoms. The molecular formula is C6H10S2. The summed E-state index contributed by atoms with van der Waals surface area (Å²) in [6.07, 6.45) is 2.32. The zero-order valence-electron chi connectivity index (χ0n) is 5.18. The van der Waals surface area contributed by atoms with Crippen LogP contribution in [0.25, 0.3) is 0 Å². The minimum absolute atomic E-state index is 0.745. The first-order valence-electron chi connectivity index (χ1n) is 2.80. The molecule has 1 heterocycles. The molecule has 0 unspecified atom stereocenters. The number of allylic oxidation sites excluding steroid dienone is 1. The van der Waals surface area contributed by atoms with Crippen LogP contribution < -0.4 is 0 Å². The van der Waals surface area contributed by atoms with E-state index in [1.807, 2.05) is 21.6 Å². The summed E-state index contributed by atoms with van der Waals surface area (Å²) in [5.74, 6) is 1.95. The molecule has 0 amide bonds. The van der Waals surface area contributed by atoms with Gasteiger partial charge < -0.3 is 0 Å². The fourth-order valence-corrected chi connectivity index (χ4v) is 3.08. The Morgan fingerprint density at radius 2 is 2.38 bits per heavy atom. The Bertz CT molecular complexity index is 105. The van der Waals surface area contributed by atoms with Crippen LogP contribution in [0.15, 0.2) is 11.0 Å². The van der Waals surface area contributed by atoms with E-state index in [4.69, 9.17) is 0 Å². The van der Waals surface area contributed by atoms with Gasteiger partial charge >= 0.3 is 0 Å². The van der Waals surface area contributed by atoms with E-state index in [1.165, 1.54) is 5.75 Å². The standard InChI is InChI=1S/C6H10S2/c1-5(2)6-3-4-7-8-6/h3,5H,4H2,1-2H3. The molecule has 0 spiro atoms. The summed E-state index contributed by atoms with van der Waals surface area (Å²) in [6, 6.07) is 0. The molecule has 1 rings (SSSR count). The van der Waals surface area contributed by atoms with Gasteiger partial charge in [-0.2, -0.15) is 0 Å². The maximum Gasteiger partial charge on any atom is 0.0232 e. The third kappa shape index (κ3) is 1.46. The highest BCUT2D eigenvalue weighted by molar-refractivity contribution is 8.78. The van der Waals surface area contributed by atoms with E-state index < -0.39 is 0 Å². The Kier molecular flexibility index (Phi) is 2.32. The Morgan fingerprint density at radius 1 is 1.62 bits per heavy atom. The minimum atomic E-state index is 0.745. The van der Waals surface area contributed by atoms with Crippen LogP contribution in [0.4, 0.5) is 0 Å². The van der Waals surface area contributed by atoms with Crippen LogP contribution in [0, 0.1) is 5.92 Å². The van der Waals surface area contributed by atoms with E-state index in [-0.39, 0.29) is 0 Å². The van der Waals surface area contributed by atoms with Crippen molar-refractivity contribution in [2.45, 2.75) is 13.8 Å². The molecule has 2 heteroatoms. The van der Waals surface area contributed by atoms with Crippen molar-refractivity contribution >= 4 is 21.6 Å². The summed E-state index contributed by atoms with van der Waals surface area (Å²) in [7, 11) is 3.86. The molecule has 0 radical (unpaired) electrons. The molecule has 46 valence electrons. The van der Waals surface area contributed by atoms with Crippen molar-refractivity contribution in [1.82, 2.24) is 0 Å². The SMILES string of the molecule is CC(C)C1=CCSS1. The van der Waals surface area contributed by atoms with Gasteiger partial charge in [-0.05, 0) is 10.8 Å². The molecule has 8 heavy (non-hydrogen) atoms. The van der Waals surface area contributed by atoms with Gasteiger partial charge in [-0.15, -0.1) is 0 Å². The van der Waals surface area contributed by atoms with Crippen LogP contribution in [-0.4, -0.2) is 5.75 Å². The minimum Gasteiger partial charge on any atom is -0.0851 e. The first kappa shape index (κ1) is 6.56. The van der Waals surface area contributed by atoms with Crippen LogP contribution >= 0.6 is 21.6 Å². The van der Waals surface area contributed by atoms with E-state index >= 15 is 0 Å². The summed E-state index contributed by atoms with van der Waals surface area (Å²) in [5, 5.41) is 0. The number of rotatable bonds is 1. The zero-order chi connectivity index (χ0) is 5.98. The topological polar surface area (TPSA) is 0 Å².